The summed E-state index contributed by atoms with van der Waals surface area (Å²) in [5.74, 6) is 0.494. The van der Waals surface area contributed by atoms with E-state index in [-0.39, 0.29) is 6.10 Å². The Morgan fingerprint density at radius 3 is 2.82 bits per heavy atom. The number of ether oxygens (including phenoxy) is 1. The molecule has 0 radical (unpaired) electrons. The van der Waals surface area contributed by atoms with Gasteiger partial charge in [0.05, 0.1) is 17.6 Å². The van der Waals surface area contributed by atoms with E-state index in [0.717, 1.165) is 15.8 Å². The van der Waals surface area contributed by atoms with Crippen molar-refractivity contribution in [2.75, 3.05) is 13.1 Å². The van der Waals surface area contributed by atoms with Crippen molar-refractivity contribution in [2.45, 2.75) is 23.7 Å². The molecule has 1 aliphatic rings. The Balaban J connectivity index is 1.64. The van der Waals surface area contributed by atoms with Gasteiger partial charge in [-0.25, -0.2) is 13.4 Å². The first-order chi connectivity index (χ1) is 10.5. The maximum Gasteiger partial charge on any atom is 0.252 e. The number of nitrogens with zero attached hydrogens (tertiary/aromatic N) is 2. The van der Waals surface area contributed by atoms with E-state index in [9.17, 15) is 8.42 Å². The van der Waals surface area contributed by atoms with Crippen LogP contribution in [0.2, 0.25) is 0 Å². The Morgan fingerprint density at radius 2 is 2.18 bits per heavy atom. The monoisotopic (exact) mass is 402 g/mol. The molecule has 118 valence electrons. The zero-order valence-corrected chi connectivity index (χ0v) is 15.1. The standard InChI is InChI=1S/C14H15BrN2O3S2/c1-2-11-5-6-13(21-11)22(18,19)17-8-10(9-17)20-14-12(15)4-3-7-16-14/h3-7,10H,2,8-9H2,1H3. The van der Waals surface area contributed by atoms with Gasteiger partial charge in [0.25, 0.3) is 10.0 Å². The SMILES string of the molecule is CCc1ccc(S(=O)(=O)N2CC(Oc3ncccc3Br)C2)s1. The molecule has 0 unspecified atom stereocenters. The van der Waals surface area contributed by atoms with E-state index < -0.39 is 10.0 Å². The number of aryl methyl sites for hydroxylation is 1. The molecule has 1 fully saturated rings. The van der Waals surface area contributed by atoms with E-state index in [1.165, 1.54) is 15.6 Å². The Labute approximate surface area is 142 Å². The van der Waals surface area contributed by atoms with E-state index in [0.29, 0.717) is 23.2 Å². The van der Waals surface area contributed by atoms with E-state index in [2.05, 4.69) is 20.9 Å². The van der Waals surface area contributed by atoms with Crippen molar-refractivity contribution >= 4 is 37.3 Å². The summed E-state index contributed by atoms with van der Waals surface area (Å²) in [5, 5.41) is 0. The number of aromatic nitrogens is 1. The molecule has 0 atom stereocenters. The highest BCUT2D eigenvalue weighted by Gasteiger charge is 2.39. The fourth-order valence-electron chi connectivity index (χ4n) is 2.10. The summed E-state index contributed by atoms with van der Waals surface area (Å²) >= 11 is 4.70. The van der Waals surface area contributed by atoms with Crippen LogP contribution in [0.3, 0.4) is 0 Å². The van der Waals surface area contributed by atoms with Crippen molar-refractivity contribution in [1.29, 1.82) is 0 Å². The lowest BCUT2D eigenvalue weighted by Gasteiger charge is -2.37. The van der Waals surface area contributed by atoms with Gasteiger partial charge >= 0.3 is 0 Å². The van der Waals surface area contributed by atoms with Gasteiger partial charge in [-0.3, -0.25) is 0 Å². The molecule has 2 aromatic rings. The molecule has 0 spiro atoms. The van der Waals surface area contributed by atoms with Crippen LogP contribution in [0.4, 0.5) is 0 Å². The topological polar surface area (TPSA) is 59.5 Å². The third-order valence-electron chi connectivity index (χ3n) is 3.40. The second-order valence-electron chi connectivity index (χ2n) is 4.93. The molecule has 0 saturated carbocycles. The molecule has 0 amide bonds. The fourth-order valence-corrected chi connectivity index (χ4v) is 5.40. The summed E-state index contributed by atoms with van der Waals surface area (Å²) in [7, 11) is -3.39. The Kier molecular flexibility index (Phi) is 4.54. The third kappa shape index (κ3) is 3.05. The second-order valence-corrected chi connectivity index (χ2v) is 9.11. The van der Waals surface area contributed by atoms with E-state index >= 15 is 0 Å². The van der Waals surface area contributed by atoms with Crippen molar-refractivity contribution < 1.29 is 13.2 Å². The molecule has 22 heavy (non-hydrogen) atoms. The molecule has 0 aromatic carbocycles. The summed E-state index contributed by atoms with van der Waals surface area (Å²) in [5.41, 5.74) is 0. The van der Waals surface area contributed by atoms with Crippen molar-refractivity contribution in [2.24, 2.45) is 0 Å². The predicted molar refractivity (Wildman–Crippen MR) is 88.8 cm³/mol. The Hall–Kier alpha value is -0.960. The minimum atomic E-state index is -3.39. The van der Waals surface area contributed by atoms with Crippen molar-refractivity contribution in [3.63, 3.8) is 0 Å². The lowest BCUT2D eigenvalue weighted by molar-refractivity contribution is 0.0715. The van der Waals surface area contributed by atoms with Gasteiger partial charge in [-0.1, -0.05) is 6.92 Å². The normalized spacial score (nSPS) is 16.5. The molecular weight excluding hydrogens is 388 g/mol. The zero-order valence-electron chi connectivity index (χ0n) is 11.9. The molecule has 0 N–H and O–H groups in total. The third-order valence-corrected chi connectivity index (χ3v) is 7.53. The van der Waals surface area contributed by atoms with E-state index in [1.54, 1.807) is 18.3 Å². The van der Waals surface area contributed by atoms with Gasteiger partial charge < -0.3 is 4.74 Å². The predicted octanol–water partition coefficient (Wildman–Crippen LogP) is 2.92. The summed E-state index contributed by atoms with van der Waals surface area (Å²) in [6, 6.07) is 7.20. The zero-order chi connectivity index (χ0) is 15.7. The highest BCUT2D eigenvalue weighted by Crippen LogP contribution is 2.30. The van der Waals surface area contributed by atoms with Crippen molar-refractivity contribution in [3.05, 3.63) is 39.8 Å². The largest absolute Gasteiger partial charge is 0.471 e. The number of hydrogen-bond donors (Lipinski definition) is 0. The number of hydrogen-bond acceptors (Lipinski definition) is 5. The van der Waals surface area contributed by atoms with Crippen LogP contribution in [0.25, 0.3) is 0 Å². The average molecular weight is 403 g/mol. The van der Waals surface area contributed by atoms with Gasteiger partial charge in [0, 0.05) is 11.1 Å². The van der Waals surface area contributed by atoms with Crippen LogP contribution in [-0.2, 0) is 16.4 Å². The lowest BCUT2D eigenvalue weighted by Crippen LogP contribution is -2.55. The quantitative estimate of drug-likeness (QED) is 0.771. The first-order valence-corrected chi connectivity index (χ1v) is 9.91. The molecular formula is C14H15BrN2O3S2. The van der Waals surface area contributed by atoms with Crippen molar-refractivity contribution in [1.82, 2.24) is 9.29 Å². The first-order valence-electron chi connectivity index (χ1n) is 6.86. The molecule has 3 rings (SSSR count). The van der Waals surface area contributed by atoms with Crippen LogP contribution >= 0.6 is 27.3 Å². The van der Waals surface area contributed by atoms with E-state index in [1.807, 2.05) is 19.1 Å². The van der Waals surface area contributed by atoms with E-state index in [4.69, 9.17) is 4.74 Å². The fraction of sp³-hybridized carbons (Fsp3) is 0.357. The molecule has 5 nitrogen and oxygen atoms in total. The lowest BCUT2D eigenvalue weighted by atomic mass is 10.2. The maximum atomic E-state index is 12.5. The molecule has 3 heterocycles. The molecule has 1 aliphatic heterocycles. The average Bonchev–Trinajstić information content (AvgIpc) is 2.93. The summed E-state index contributed by atoms with van der Waals surface area (Å²) < 4.78 is 33.3. The smallest absolute Gasteiger partial charge is 0.252 e. The van der Waals surface area contributed by atoms with Crippen molar-refractivity contribution in [3.8, 4) is 5.88 Å². The van der Waals surface area contributed by atoms with Crippen LogP contribution in [-0.4, -0.2) is 36.9 Å². The Morgan fingerprint density at radius 1 is 1.41 bits per heavy atom. The van der Waals surface area contributed by atoms with Gasteiger partial charge in [0.1, 0.15) is 10.3 Å². The molecule has 2 aromatic heterocycles. The number of rotatable bonds is 5. The summed E-state index contributed by atoms with van der Waals surface area (Å²) in [4.78, 5) is 5.20. The number of pyridine rings is 1. The molecule has 1 saturated heterocycles. The van der Waals surface area contributed by atoms with Crippen LogP contribution in [0.15, 0.2) is 39.1 Å². The van der Waals surface area contributed by atoms with Crippen LogP contribution in [0.5, 0.6) is 5.88 Å². The molecule has 8 heteroatoms. The number of thiophene rings is 1. The van der Waals surface area contributed by atoms with Gasteiger partial charge in [-0.05, 0) is 46.6 Å². The Bertz CT molecular complexity index is 770. The maximum absolute atomic E-state index is 12.5. The van der Waals surface area contributed by atoms with Gasteiger partial charge in [-0.15, -0.1) is 11.3 Å². The highest BCUT2D eigenvalue weighted by atomic mass is 79.9. The van der Waals surface area contributed by atoms with Gasteiger partial charge in [0.2, 0.25) is 5.88 Å². The van der Waals surface area contributed by atoms with Gasteiger partial charge in [0.15, 0.2) is 0 Å². The molecule has 0 bridgehead atoms. The minimum Gasteiger partial charge on any atom is -0.471 e. The molecule has 0 aliphatic carbocycles. The second kappa shape index (κ2) is 6.27. The van der Waals surface area contributed by atoms with Gasteiger partial charge in [-0.2, -0.15) is 4.31 Å². The van der Waals surface area contributed by atoms with Crippen LogP contribution in [0.1, 0.15) is 11.8 Å². The first kappa shape index (κ1) is 15.9. The van der Waals surface area contributed by atoms with Crippen LogP contribution in [0, 0.1) is 0 Å². The summed E-state index contributed by atoms with van der Waals surface area (Å²) in [6.45, 7) is 2.72. The number of sulfonamides is 1. The highest BCUT2D eigenvalue weighted by molar-refractivity contribution is 9.10. The minimum absolute atomic E-state index is 0.161. The van der Waals surface area contributed by atoms with Crippen LogP contribution < -0.4 is 4.74 Å². The number of halogens is 1. The summed E-state index contributed by atoms with van der Waals surface area (Å²) in [6.07, 6.45) is 2.33.